The van der Waals surface area contributed by atoms with E-state index in [0.29, 0.717) is 23.2 Å². The molecule has 2 aromatic heterocycles. The summed E-state index contributed by atoms with van der Waals surface area (Å²) >= 11 is 0. The SMILES string of the molecule is COc1cc(-c2c(C#N)c(N)nc3c2CCCC3C)ccn1. The number of nitrogens with two attached hydrogens (primary N) is 1. The lowest BCUT2D eigenvalue weighted by molar-refractivity contribution is 0.398. The summed E-state index contributed by atoms with van der Waals surface area (Å²) in [5.74, 6) is 1.19. The highest BCUT2D eigenvalue weighted by atomic mass is 16.5. The Morgan fingerprint density at radius 2 is 2.27 bits per heavy atom. The summed E-state index contributed by atoms with van der Waals surface area (Å²) in [7, 11) is 1.58. The Labute approximate surface area is 129 Å². The number of anilines is 1. The van der Waals surface area contributed by atoms with Crippen molar-refractivity contribution in [2.24, 2.45) is 0 Å². The molecule has 2 heterocycles. The summed E-state index contributed by atoms with van der Waals surface area (Å²) in [5, 5.41) is 9.54. The fourth-order valence-corrected chi connectivity index (χ4v) is 3.15. The Balaban J connectivity index is 2.31. The van der Waals surface area contributed by atoms with Gasteiger partial charge in [-0.3, -0.25) is 0 Å². The minimum Gasteiger partial charge on any atom is -0.481 e. The smallest absolute Gasteiger partial charge is 0.213 e. The number of rotatable bonds is 2. The molecule has 1 atom stereocenters. The molecule has 0 saturated carbocycles. The van der Waals surface area contributed by atoms with Crippen LogP contribution in [0, 0.1) is 11.3 Å². The maximum atomic E-state index is 9.54. The fourth-order valence-electron chi connectivity index (χ4n) is 3.15. The summed E-state index contributed by atoms with van der Waals surface area (Å²) in [6.07, 6.45) is 4.80. The van der Waals surface area contributed by atoms with Gasteiger partial charge in [-0.1, -0.05) is 6.92 Å². The molecular formula is C17H18N4O. The summed E-state index contributed by atoms with van der Waals surface area (Å²) < 4.78 is 5.20. The van der Waals surface area contributed by atoms with Crippen molar-refractivity contribution in [3.05, 3.63) is 35.2 Å². The van der Waals surface area contributed by atoms with E-state index in [-0.39, 0.29) is 0 Å². The third kappa shape index (κ3) is 2.27. The first-order chi connectivity index (χ1) is 10.7. The highest BCUT2D eigenvalue weighted by Gasteiger charge is 2.25. The second kappa shape index (κ2) is 5.64. The van der Waals surface area contributed by atoms with E-state index in [0.717, 1.165) is 41.6 Å². The molecule has 0 saturated heterocycles. The zero-order chi connectivity index (χ0) is 15.7. The first-order valence-corrected chi connectivity index (χ1v) is 7.38. The Hall–Kier alpha value is -2.61. The van der Waals surface area contributed by atoms with Crippen molar-refractivity contribution in [2.45, 2.75) is 32.1 Å². The van der Waals surface area contributed by atoms with Crippen molar-refractivity contribution in [1.29, 1.82) is 5.26 Å². The third-order valence-electron chi connectivity index (χ3n) is 4.23. The van der Waals surface area contributed by atoms with E-state index in [2.05, 4.69) is 23.0 Å². The summed E-state index contributed by atoms with van der Waals surface area (Å²) in [6.45, 7) is 2.16. The van der Waals surface area contributed by atoms with Crippen LogP contribution in [0.3, 0.4) is 0 Å². The van der Waals surface area contributed by atoms with Crippen LogP contribution < -0.4 is 10.5 Å². The van der Waals surface area contributed by atoms with E-state index in [1.54, 1.807) is 13.3 Å². The predicted octanol–water partition coefficient (Wildman–Crippen LogP) is 3.05. The molecule has 0 aromatic carbocycles. The summed E-state index contributed by atoms with van der Waals surface area (Å²) in [5.41, 5.74) is 10.4. The molecule has 0 spiro atoms. The number of nitrogen functional groups attached to an aromatic ring is 1. The topological polar surface area (TPSA) is 84.8 Å². The zero-order valence-electron chi connectivity index (χ0n) is 12.8. The van der Waals surface area contributed by atoms with E-state index in [9.17, 15) is 5.26 Å². The van der Waals surface area contributed by atoms with Crippen LogP contribution in [0.25, 0.3) is 11.1 Å². The Bertz CT molecular complexity index is 764. The van der Waals surface area contributed by atoms with Gasteiger partial charge in [-0.25, -0.2) is 9.97 Å². The van der Waals surface area contributed by atoms with Crippen molar-refractivity contribution in [1.82, 2.24) is 9.97 Å². The number of fused-ring (bicyclic) bond motifs is 1. The molecule has 0 amide bonds. The van der Waals surface area contributed by atoms with Crippen molar-refractivity contribution in [3.63, 3.8) is 0 Å². The third-order valence-corrected chi connectivity index (χ3v) is 4.23. The maximum absolute atomic E-state index is 9.54. The second-order valence-corrected chi connectivity index (χ2v) is 5.60. The lowest BCUT2D eigenvalue weighted by atomic mass is 9.82. The first kappa shape index (κ1) is 14.3. The van der Waals surface area contributed by atoms with E-state index in [4.69, 9.17) is 10.5 Å². The predicted molar refractivity (Wildman–Crippen MR) is 84.5 cm³/mol. The number of aromatic nitrogens is 2. The minimum atomic E-state index is 0.306. The number of nitrogens with zero attached hydrogens (tertiary/aromatic N) is 3. The van der Waals surface area contributed by atoms with Crippen LogP contribution in [-0.4, -0.2) is 17.1 Å². The zero-order valence-corrected chi connectivity index (χ0v) is 12.8. The molecular weight excluding hydrogens is 276 g/mol. The van der Waals surface area contributed by atoms with E-state index >= 15 is 0 Å². The standard InChI is InChI=1S/C17H18N4O/c1-10-4-3-5-12-15(11-6-7-20-14(8-11)22-2)13(9-18)17(19)21-16(10)12/h6-8,10H,3-5H2,1-2H3,(H2,19,21). The fraction of sp³-hybridized carbons (Fsp3) is 0.353. The van der Waals surface area contributed by atoms with Crippen LogP contribution in [0.1, 0.15) is 42.5 Å². The normalized spacial score (nSPS) is 16.7. The van der Waals surface area contributed by atoms with Gasteiger partial charge in [0.2, 0.25) is 5.88 Å². The Morgan fingerprint density at radius 3 is 3.00 bits per heavy atom. The van der Waals surface area contributed by atoms with Crippen LogP contribution in [0.4, 0.5) is 5.82 Å². The van der Waals surface area contributed by atoms with Crippen molar-refractivity contribution < 1.29 is 4.74 Å². The molecule has 0 fully saturated rings. The first-order valence-electron chi connectivity index (χ1n) is 7.38. The average Bonchev–Trinajstić information content (AvgIpc) is 2.54. The lowest BCUT2D eigenvalue weighted by Gasteiger charge is -2.25. The molecule has 3 rings (SSSR count). The number of ether oxygens (including phenoxy) is 1. The molecule has 5 heteroatoms. The van der Waals surface area contributed by atoms with Gasteiger partial charge in [0, 0.05) is 23.5 Å². The number of nitriles is 1. The van der Waals surface area contributed by atoms with Crippen molar-refractivity contribution in [3.8, 4) is 23.1 Å². The molecule has 2 N–H and O–H groups in total. The Morgan fingerprint density at radius 1 is 1.45 bits per heavy atom. The highest BCUT2D eigenvalue weighted by molar-refractivity contribution is 5.79. The summed E-state index contributed by atoms with van der Waals surface area (Å²) in [6, 6.07) is 5.95. The minimum absolute atomic E-state index is 0.306. The molecule has 0 bridgehead atoms. The van der Waals surface area contributed by atoms with Gasteiger partial charge < -0.3 is 10.5 Å². The van der Waals surface area contributed by atoms with Gasteiger partial charge in [0.25, 0.3) is 0 Å². The largest absolute Gasteiger partial charge is 0.481 e. The molecule has 2 aromatic rings. The monoisotopic (exact) mass is 294 g/mol. The molecule has 1 unspecified atom stereocenters. The van der Waals surface area contributed by atoms with Gasteiger partial charge in [0.05, 0.1) is 7.11 Å². The van der Waals surface area contributed by atoms with Crippen LogP contribution in [0.2, 0.25) is 0 Å². The molecule has 1 aliphatic rings. The molecule has 1 aliphatic carbocycles. The van der Waals surface area contributed by atoms with Gasteiger partial charge in [-0.15, -0.1) is 0 Å². The average molecular weight is 294 g/mol. The van der Waals surface area contributed by atoms with Gasteiger partial charge in [0.1, 0.15) is 17.5 Å². The van der Waals surface area contributed by atoms with Gasteiger partial charge >= 0.3 is 0 Å². The van der Waals surface area contributed by atoms with Crippen LogP contribution in [-0.2, 0) is 6.42 Å². The number of pyridine rings is 2. The summed E-state index contributed by atoms with van der Waals surface area (Å²) in [4.78, 5) is 8.64. The van der Waals surface area contributed by atoms with E-state index in [1.165, 1.54) is 0 Å². The van der Waals surface area contributed by atoms with Crippen molar-refractivity contribution >= 4 is 5.82 Å². The molecule has 22 heavy (non-hydrogen) atoms. The molecule has 0 aliphatic heterocycles. The van der Waals surface area contributed by atoms with E-state index < -0.39 is 0 Å². The lowest BCUT2D eigenvalue weighted by Crippen LogP contribution is -2.14. The maximum Gasteiger partial charge on any atom is 0.213 e. The van der Waals surface area contributed by atoms with Gasteiger partial charge in [-0.2, -0.15) is 5.26 Å². The van der Waals surface area contributed by atoms with Crippen LogP contribution in [0.15, 0.2) is 18.3 Å². The number of methoxy groups -OCH3 is 1. The van der Waals surface area contributed by atoms with Crippen LogP contribution >= 0.6 is 0 Å². The molecule has 0 radical (unpaired) electrons. The number of hydrogen-bond acceptors (Lipinski definition) is 5. The van der Waals surface area contributed by atoms with Gasteiger partial charge in [0.15, 0.2) is 0 Å². The Kier molecular flexibility index (Phi) is 3.68. The van der Waals surface area contributed by atoms with Crippen molar-refractivity contribution in [2.75, 3.05) is 12.8 Å². The number of hydrogen-bond donors (Lipinski definition) is 1. The van der Waals surface area contributed by atoms with E-state index in [1.807, 2.05) is 12.1 Å². The van der Waals surface area contributed by atoms with Gasteiger partial charge in [-0.05, 0) is 42.4 Å². The molecule has 112 valence electrons. The quantitative estimate of drug-likeness (QED) is 0.920. The molecule has 5 nitrogen and oxygen atoms in total. The van der Waals surface area contributed by atoms with Crippen LogP contribution in [0.5, 0.6) is 5.88 Å². The highest BCUT2D eigenvalue weighted by Crippen LogP contribution is 2.40. The second-order valence-electron chi connectivity index (χ2n) is 5.60.